The number of rotatable bonds is 4. The van der Waals surface area contributed by atoms with Gasteiger partial charge in [0.1, 0.15) is 0 Å². The second-order valence-electron chi connectivity index (χ2n) is 7.29. The van der Waals surface area contributed by atoms with Crippen LogP contribution in [0.15, 0.2) is 41.8 Å². The maximum absolute atomic E-state index is 12.3. The fourth-order valence-corrected chi connectivity index (χ4v) is 5.09. The number of aryl methyl sites for hydroxylation is 2. The lowest BCUT2D eigenvalue weighted by molar-refractivity contribution is -0.151. The Morgan fingerprint density at radius 3 is 2.61 bits per heavy atom. The molecule has 0 bridgehead atoms. The predicted molar refractivity (Wildman–Crippen MR) is 94.8 cm³/mol. The van der Waals surface area contributed by atoms with Crippen LogP contribution >= 0.6 is 11.3 Å². The minimum Gasteiger partial charge on any atom is -0.341 e. The van der Waals surface area contributed by atoms with Crippen molar-refractivity contribution in [3.8, 4) is 0 Å². The molecule has 0 radical (unpaired) electrons. The summed E-state index contributed by atoms with van der Waals surface area (Å²) in [5.74, 6) is 1.05. The van der Waals surface area contributed by atoms with Crippen LogP contribution in [-0.4, -0.2) is 23.9 Å². The predicted octanol–water partition coefficient (Wildman–Crippen LogP) is 4.40. The normalized spacial score (nSPS) is 19.4. The van der Waals surface area contributed by atoms with Crippen LogP contribution in [0.3, 0.4) is 0 Å². The first kappa shape index (κ1) is 14.9. The Hall–Kier alpha value is -1.61. The van der Waals surface area contributed by atoms with E-state index in [1.165, 1.54) is 28.8 Å². The second kappa shape index (κ2) is 5.79. The number of likely N-dealkylation sites (tertiary alicyclic amines) is 1. The minimum atomic E-state index is 0.339. The lowest BCUT2D eigenvalue weighted by Gasteiger charge is -2.59. The van der Waals surface area contributed by atoms with E-state index in [2.05, 4.69) is 53.6 Å². The summed E-state index contributed by atoms with van der Waals surface area (Å²) >= 11 is 1.77. The molecule has 1 amide bonds. The van der Waals surface area contributed by atoms with E-state index in [0.29, 0.717) is 23.7 Å². The Morgan fingerprint density at radius 1 is 1.22 bits per heavy atom. The zero-order valence-electron chi connectivity index (χ0n) is 13.6. The van der Waals surface area contributed by atoms with Crippen molar-refractivity contribution in [2.45, 2.75) is 38.5 Å². The van der Waals surface area contributed by atoms with Gasteiger partial charge >= 0.3 is 0 Å². The summed E-state index contributed by atoms with van der Waals surface area (Å²) in [4.78, 5) is 15.8. The van der Waals surface area contributed by atoms with Gasteiger partial charge in [-0.1, -0.05) is 30.3 Å². The Balaban J connectivity index is 1.24. The monoisotopic (exact) mass is 325 g/mol. The fraction of sp³-hybridized carbons (Fsp3) is 0.450. The molecule has 1 saturated carbocycles. The number of hydrogen-bond donors (Lipinski definition) is 0. The molecule has 1 aliphatic carbocycles. The van der Waals surface area contributed by atoms with Crippen molar-refractivity contribution in [3.63, 3.8) is 0 Å². The van der Waals surface area contributed by atoms with Crippen molar-refractivity contribution >= 4 is 17.2 Å². The van der Waals surface area contributed by atoms with E-state index in [9.17, 15) is 4.79 Å². The molecule has 2 aliphatic rings. The van der Waals surface area contributed by atoms with Gasteiger partial charge in [0, 0.05) is 29.8 Å². The van der Waals surface area contributed by atoms with Crippen LogP contribution in [0, 0.1) is 12.3 Å². The Labute approximate surface area is 142 Å². The van der Waals surface area contributed by atoms with Gasteiger partial charge < -0.3 is 4.90 Å². The maximum Gasteiger partial charge on any atom is 0.222 e. The molecule has 0 unspecified atom stereocenters. The van der Waals surface area contributed by atoms with Gasteiger partial charge in [0.15, 0.2) is 0 Å². The highest BCUT2D eigenvalue weighted by molar-refractivity contribution is 7.10. The van der Waals surface area contributed by atoms with Gasteiger partial charge in [-0.25, -0.2) is 0 Å². The molecule has 2 aromatic rings. The van der Waals surface area contributed by atoms with E-state index in [1.54, 1.807) is 11.3 Å². The zero-order chi connectivity index (χ0) is 15.9. The molecule has 1 aromatic heterocycles. The number of hydrogen-bond acceptors (Lipinski definition) is 2. The summed E-state index contributed by atoms with van der Waals surface area (Å²) in [6.07, 6.45) is 4.08. The average molecular weight is 325 g/mol. The number of amides is 1. The molecule has 0 atom stereocenters. The third-order valence-electron chi connectivity index (χ3n) is 5.57. The van der Waals surface area contributed by atoms with E-state index in [4.69, 9.17) is 0 Å². The van der Waals surface area contributed by atoms with Crippen LogP contribution in [0.5, 0.6) is 0 Å². The summed E-state index contributed by atoms with van der Waals surface area (Å²) in [6.45, 7) is 4.10. The van der Waals surface area contributed by atoms with Gasteiger partial charge in [-0.05, 0) is 54.7 Å². The molecule has 1 spiro atoms. The van der Waals surface area contributed by atoms with Crippen LogP contribution in [0.2, 0.25) is 0 Å². The highest BCUT2D eigenvalue weighted by Crippen LogP contribution is 2.56. The molecule has 1 aromatic carbocycles. The van der Waals surface area contributed by atoms with Crippen molar-refractivity contribution in [1.82, 2.24) is 4.90 Å². The highest BCUT2D eigenvalue weighted by Gasteiger charge is 2.53. The molecule has 2 heterocycles. The third-order valence-corrected chi connectivity index (χ3v) is 6.65. The van der Waals surface area contributed by atoms with Gasteiger partial charge in [-0.15, -0.1) is 11.3 Å². The van der Waals surface area contributed by atoms with E-state index in [0.717, 1.165) is 19.5 Å². The first-order valence-corrected chi connectivity index (χ1v) is 9.39. The quantitative estimate of drug-likeness (QED) is 0.816. The summed E-state index contributed by atoms with van der Waals surface area (Å²) in [7, 11) is 0. The van der Waals surface area contributed by atoms with Gasteiger partial charge in [0.25, 0.3) is 0 Å². The van der Waals surface area contributed by atoms with Crippen LogP contribution < -0.4 is 0 Å². The highest BCUT2D eigenvalue weighted by atomic mass is 32.1. The third kappa shape index (κ3) is 2.83. The first-order chi connectivity index (χ1) is 11.2. The lowest BCUT2D eigenvalue weighted by atomic mass is 9.56. The lowest BCUT2D eigenvalue weighted by Crippen LogP contribution is -2.63. The Bertz CT molecular complexity index is 691. The molecule has 1 saturated heterocycles. The van der Waals surface area contributed by atoms with E-state index < -0.39 is 0 Å². The van der Waals surface area contributed by atoms with Crippen molar-refractivity contribution in [2.24, 2.45) is 5.41 Å². The summed E-state index contributed by atoms with van der Waals surface area (Å²) < 4.78 is 0. The molecule has 1 aliphatic heterocycles. The molecule has 120 valence electrons. The average Bonchev–Trinajstić information content (AvgIpc) is 2.89. The van der Waals surface area contributed by atoms with Crippen LogP contribution in [0.25, 0.3) is 0 Å². The largest absolute Gasteiger partial charge is 0.341 e. The zero-order valence-corrected chi connectivity index (χ0v) is 14.4. The fourth-order valence-electron chi connectivity index (χ4n) is 4.18. The van der Waals surface area contributed by atoms with Gasteiger partial charge in [-0.2, -0.15) is 0 Å². The number of carbonyl (C=O) groups excluding carboxylic acids is 1. The van der Waals surface area contributed by atoms with Gasteiger partial charge in [0.2, 0.25) is 5.91 Å². The first-order valence-electron chi connectivity index (χ1n) is 8.51. The van der Waals surface area contributed by atoms with Crippen LogP contribution in [-0.2, 0) is 11.2 Å². The number of carbonyl (C=O) groups is 1. The molecular formula is C20H23NOS. The summed E-state index contributed by atoms with van der Waals surface area (Å²) in [5, 5.41) is 2.12. The Morgan fingerprint density at radius 2 is 1.96 bits per heavy atom. The van der Waals surface area contributed by atoms with Crippen LogP contribution in [0.4, 0.5) is 0 Å². The topological polar surface area (TPSA) is 20.3 Å². The minimum absolute atomic E-state index is 0.339. The van der Waals surface area contributed by atoms with Crippen molar-refractivity contribution in [3.05, 3.63) is 57.8 Å². The van der Waals surface area contributed by atoms with Crippen molar-refractivity contribution in [2.75, 3.05) is 13.1 Å². The molecule has 0 N–H and O–H groups in total. The molecule has 2 fully saturated rings. The van der Waals surface area contributed by atoms with E-state index >= 15 is 0 Å². The molecular weight excluding hydrogens is 302 g/mol. The van der Waals surface area contributed by atoms with E-state index in [1.807, 2.05) is 0 Å². The van der Waals surface area contributed by atoms with Crippen LogP contribution in [0.1, 0.15) is 41.2 Å². The molecule has 4 rings (SSSR count). The molecule has 3 heteroatoms. The van der Waals surface area contributed by atoms with E-state index in [-0.39, 0.29) is 0 Å². The van der Waals surface area contributed by atoms with Crippen molar-refractivity contribution in [1.29, 1.82) is 0 Å². The maximum atomic E-state index is 12.3. The smallest absolute Gasteiger partial charge is 0.222 e. The van der Waals surface area contributed by atoms with Gasteiger partial charge in [0.05, 0.1) is 0 Å². The summed E-state index contributed by atoms with van der Waals surface area (Å²) in [6, 6.07) is 13.0. The number of thiophene rings is 1. The van der Waals surface area contributed by atoms with Crippen molar-refractivity contribution < 1.29 is 4.79 Å². The second-order valence-corrected chi connectivity index (χ2v) is 8.29. The molecule has 23 heavy (non-hydrogen) atoms. The SMILES string of the molecule is Cc1ccsc1CCC(=O)N1CC2(CC(c3ccccc3)C2)C1. The number of benzene rings is 1. The Kier molecular flexibility index (Phi) is 3.76. The molecule has 2 nitrogen and oxygen atoms in total. The standard InChI is InChI=1S/C20H23NOS/c1-15-9-10-23-18(15)7-8-19(22)21-13-20(14-21)11-17(12-20)16-5-3-2-4-6-16/h2-6,9-10,17H,7-8,11-14H2,1H3. The number of nitrogens with zero attached hydrogens (tertiary/aromatic N) is 1. The summed E-state index contributed by atoms with van der Waals surface area (Å²) in [5.41, 5.74) is 3.23. The van der Waals surface area contributed by atoms with Gasteiger partial charge in [-0.3, -0.25) is 4.79 Å².